The maximum Gasteiger partial charge on any atom is 0.262 e. The topological polar surface area (TPSA) is 75.3 Å². The summed E-state index contributed by atoms with van der Waals surface area (Å²) in [6, 6.07) is 8.93. The molecule has 2 N–H and O–H groups in total. The molecule has 0 spiro atoms. The Labute approximate surface area is 132 Å². The number of sulfonamides is 1. The number of benzene rings is 2. The average Bonchev–Trinajstić information content (AvgIpc) is 2.41. The van der Waals surface area contributed by atoms with Crippen molar-refractivity contribution < 1.29 is 17.6 Å². The molecule has 0 aliphatic rings. The number of halogens is 2. The van der Waals surface area contributed by atoms with Crippen molar-refractivity contribution in [2.24, 2.45) is 0 Å². The predicted octanol–water partition coefficient (Wildman–Crippen LogP) is 3.24. The van der Waals surface area contributed by atoms with E-state index in [0.717, 1.165) is 12.1 Å². The largest absolute Gasteiger partial charge is 0.326 e. The van der Waals surface area contributed by atoms with E-state index >= 15 is 0 Å². The lowest BCUT2D eigenvalue weighted by Gasteiger charge is -2.11. The van der Waals surface area contributed by atoms with Gasteiger partial charge in [0.1, 0.15) is 5.82 Å². The molecule has 2 aromatic rings. The van der Waals surface area contributed by atoms with Crippen LogP contribution in [0.3, 0.4) is 0 Å². The summed E-state index contributed by atoms with van der Waals surface area (Å²) in [6.07, 6.45) is 0. The quantitative estimate of drug-likeness (QED) is 0.895. The van der Waals surface area contributed by atoms with Crippen molar-refractivity contribution in [2.75, 3.05) is 10.0 Å². The Morgan fingerprint density at radius 1 is 1.18 bits per heavy atom. The lowest BCUT2D eigenvalue weighted by atomic mass is 10.3. The molecular weight excluding hydrogens is 331 g/mol. The second kappa shape index (κ2) is 6.33. The maximum atomic E-state index is 13.1. The van der Waals surface area contributed by atoms with Crippen LogP contribution in [0, 0.1) is 5.82 Å². The van der Waals surface area contributed by atoms with E-state index in [-0.39, 0.29) is 21.5 Å². The number of rotatable bonds is 4. The Morgan fingerprint density at radius 3 is 2.50 bits per heavy atom. The van der Waals surface area contributed by atoms with E-state index in [1.807, 2.05) is 0 Å². The molecule has 0 unspecified atom stereocenters. The third-order valence-corrected chi connectivity index (χ3v) is 4.32. The molecule has 2 rings (SSSR count). The number of nitrogens with one attached hydrogen (secondary N) is 2. The smallest absolute Gasteiger partial charge is 0.262 e. The van der Waals surface area contributed by atoms with E-state index in [1.165, 1.54) is 37.3 Å². The highest BCUT2D eigenvalue weighted by Crippen LogP contribution is 2.27. The molecule has 0 radical (unpaired) electrons. The van der Waals surface area contributed by atoms with Crippen molar-refractivity contribution in [3.8, 4) is 0 Å². The molecule has 0 aliphatic heterocycles. The van der Waals surface area contributed by atoms with Crippen LogP contribution in [-0.2, 0) is 14.8 Å². The zero-order chi connectivity index (χ0) is 16.3. The van der Waals surface area contributed by atoms with E-state index in [0.29, 0.717) is 5.69 Å². The van der Waals surface area contributed by atoms with Gasteiger partial charge in [0, 0.05) is 12.6 Å². The van der Waals surface area contributed by atoms with Gasteiger partial charge >= 0.3 is 0 Å². The Kier molecular flexibility index (Phi) is 4.68. The van der Waals surface area contributed by atoms with Crippen LogP contribution in [0.5, 0.6) is 0 Å². The van der Waals surface area contributed by atoms with Gasteiger partial charge in [-0.25, -0.2) is 12.8 Å². The highest BCUT2D eigenvalue weighted by atomic mass is 35.5. The molecule has 0 fully saturated rings. The van der Waals surface area contributed by atoms with Crippen molar-refractivity contribution in [3.05, 3.63) is 53.3 Å². The van der Waals surface area contributed by atoms with Gasteiger partial charge < -0.3 is 5.32 Å². The van der Waals surface area contributed by atoms with Gasteiger partial charge in [0.15, 0.2) is 0 Å². The fourth-order valence-electron chi connectivity index (χ4n) is 1.72. The average molecular weight is 343 g/mol. The molecule has 8 heteroatoms. The van der Waals surface area contributed by atoms with E-state index in [4.69, 9.17) is 11.6 Å². The Balaban J connectivity index is 2.28. The zero-order valence-electron chi connectivity index (χ0n) is 11.4. The fourth-order valence-corrected chi connectivity index (χ4v) is 3.11. The van der Waals surface area contributed by atoms with Gasteiger partial charge in [-0.3, -0.25) is 9.52 Å². The zero-order valence-corrected chi connectivity index (χ0v) is 13.0. The number of carbonyl (C=O) groups excluding carboxylic acids is 1. The highest BCUT2D eigenvalue weighted by Gasteiger charge is 2.16. The lowest BCUT2D eigenvalue weighted by molar-refractivity contribution is -0.114. The number of hydrogen-bond donors (Lipinski definition) is 2. The number of anilines is 2. The highest BCUT2D eigenvalue weighted by molar-refractivity contribution is 7.92. The van der Waals surface area contributed by atoms with Crippen LogP contribution in [0.2, 0.25) is 5.02 Å². The van der Waals surface area contributed by atoms with Gasteiger partial charge in [-0.15, -0.1) is 0 Å². The van der Waals surface area contributed by atoms with Crippen molar-refractivity contribution in [1.29, 1.82) is 0 Å². The van der Waals surface area contributed by atoms with Crippen molar-refractivity contribution in [3.63, 3.8) is 0 Å². The lowest BCUT2D eigenvalue weighted by Crippen LogP contribution is -2.13. The first-order valence-electron chi connectivity index (χ1n) is 6.13. The summed E-state index contributed by atoms with van der Waals surface area (Å²) >= 11 is 5.99. The Morgan fingerprint density at radius 2 is 1.91 bits per heavy atom. The molecule has 1 amide bonds. The van der Waals surface area contributed by atoms with Crippen LogP contribution in [0.25, 0.3) is 0 Å². The Bertz CT molecular complexity index is 825. The van der Waals surface area contributed by atoms with E-state index in [1.54, 1.807) is 0 Å². The summed E-state index contributed by atoms with van der Waals surface area (Å²) in [5, 5.41) is 2.63. The minimum atomic E-state index is -3.96. The molecule has 0 heterocycles. The maximum absolute atomic E-state index is 13.1. The standard InChI is InChI=1S/C14H12ClFN2O3S/c1-9(19)17-11-5-6-14(13(15)8-11)18-22(20,21)12-4-2-3-10(16)7-12/h2-8,18H,1H3,(H,17,19). The van der Waals surface area contributed by atoms with Crippen LogP contribution in [-0.4, -0.2) is 14.3 Å². The van der Waals surface area contributed by atoms with Gasteiger partial charge in [0.05, 0.1) is 15.6 Å². The summed E-state index contributed by atoms with van der Waals surface area (Å²) in [6.45, 7) is 1.34. The van der Waals surface area contributed by atoms with Crippen LogP contribution in [0.15, 0.2) is 47.4 Å². The van der Waals surface area contributed by atoms with E-state index in [9.17, 15) is 17.6 Å². The molecule has 0 atom stereocenters. The predicted molar refractivity (Wildman–Crippen MR) is 83.0 cm³/mol. The molecule has 0 saturated carbocycles. The number of carbonyl (C=O) groups is 1. The summed E-state index contributed by atoms with van der Waals surface area (Å²) in [7, 11) is -3.96. The molecule has 0 bridgehead atoms. The molecule has 2 aromatic carbocycles. The fraction of sp³-hybridized carbons (Fsp3) is 0.0714. The van der Waals surface area contributed by atoms with Crippen molar-refractivity contribution >= 4 is 38.9 Å². The molecule has 0 aliphatic carbocycles. The third kappa shape index (κ3) is 3.96. The molecular formula is C14H12ClFN2O3S. The van der Waals surface area contributed by atoms with Crippen molar-refractivity contribution in [2.45, 2.75) is 11.8 Å². The van der Waals surface area contributed by atoms with Gasteiger partial charge in [0.25, 0.3) is 10.0 Å². The second-order valence-corrected chi connectivity index (χ2v) is 6.53. The van der Waals surface area contributed by atoms with Crippen LogP contribution >= 0.6 is 11.6 Å². The molecule has 116 valence electrons. The number of amides is 1. The van der Waals surface area contributed by atoms with Gasteiger partial charge in [0.2, 0.25) is 5.91 Å². The van der Waals surface area contributed by atoms with Crippen molar-refractivity contribution in [1.82, 2.24) is 0 Å². The van der Waals surface area contributed by atoms with E-state index in [2.05, 4.69) is 10.0 Å². The first-order valence-corrected chi connectivity index (χ1v) is 7.99. The molecule has 0 saturated heterocycles. The summed E-state index contributed by atoms with van der Waals surface area (Å²) < 4.78 is 39.7. The Hall–Kier alpha value is -2.12. The van der Waals surface area contributed by atoms with Gasteiger partial charge in [-0.1, -0.05) is 17.7 Å². The monoisotopic (exact) mass is 342 g/mol. The second-order valence-electron chi connectivity index (χ2n) is 4.44. The molecule has 0 aromatic heterocycles. The summed E-state index contributed by atoms with van der Waals surface area (Å²) in [5.74, 6) is -0.931. The number of hydrogen-bond acceptors (Lipinski definition) is 3. The molecule has 22 heavy (non-hydrogen) atoms. The van der Waals surface area contributed by atoms with Crippen LogP contribution < -0.4 is 10.0 Å². The van der Waals surface area contributed by atoms with Crippen LogP contribution in [0.1, 0.15) is 6.92 Å². The molecule has 5 nitrogen and oxygen atoms in total. The minimum Gasteiger partial charge on any atom is -0.326 e. The van der Waals surface area contributed by atoms with Gasteiger partial charge in [-0.05, 0) is 36.4 Å². The summed E-state index contributed by atoms with van der Waals surface area (Å²) in [5.41, 5.74) is 0.561. The first kappa shape index (κ1) is 16.3. The minimum absolute atomic E-state index is 0.103. The van der Waals surface area contributed by atoms with Crippen LogP contribution in [0.4, 0.5) is 15.8 Å². The van der Waals surface area contributed by atoms with E-state index < -0.39 is 15.8 Å². The normalized spacial score (nSPS) is 11.0. The third-order valence-electron chi connectivity index (χ3n) is 2.64. The SMILES string of the molecule is CC(=O)Nc1ccc(NS(=O)(=O)c2cccc(F)c2)c(Cl)c1. The first-order chi connectivity index (χ1) is 10.3. The van der Waals surface area contributed by atoms with Gasteiger partial charge in [-0.2, -0.15) is 0 Å². The summed E-state index contributed by atoms with van der Waals surface area (Å²) in [4.78, 5) is 10.7.